The molecule has 0 bridgehead atoms. The topological polar surface area (TPSA) is 38.2 Å². The zero-order valence-corrected chi connectivity index (χ0v) is 9.24. The fraction of sp³-hybridized carbons (Fsp3) is 0.600. The SMILES string of the molecule is CN1CC[C@H](Oc2nnccc2C(F)(F)F)C1. The van der Waals surface area contributed by atoms with E-state index in [1.54, 1.807) is 0 Å². The van der Waals surface area contributed by atoms with E-state index in [0.29, 0.717) is 13.0 Å². The highest BCUT2D eigenvalue weighted by Crippen LogP contribution is 2.35. The molecule has 0 aromatic carbocycles. The Morgan fingerprint density at radius 3 is 2.82 bits per heavy atom. The number of likely N-dealkylation sites (N-methyl/N-ethyl adjacent to an activating group) is 1. The number of alkyl halides is 3. The lowest BCUT2D eigenvalue weighted by atomic mass is 10.3. The molecule has 2 heterocycles. The second kappa shape index (κ2) is 4.48. The van der Waals surface area contributed by atoms with Crippen molar-refractivity contribution < 1.29 is 17.9 Å². The van der Waals surface area contributed by atoms with Crippen LogP contribution >= 0.6 is 0 Å². The quantitative estimate of drug-likeness (QED) is 0.795. The Morgan fingerprint density at radius 1 is 1.47 bits per heavy atom. The molecule has 17 heavy (non-hydrogen) atoms. The van der Waals surface area contributed by atoms with Crippen molar-refractivity contribution in [2.75, 3.05) is 20.1 Å². The summed E-state index contributed by atoms with van der Waals surface area (Å²) in [6, 6.07) is 0.876. The molecule has 94 valence electrons. The predicted octanol–water partition coefficient (Wildman–Crippen LogP) is 1.58. The van der Waals surface area contributed by atoms with Crippen LogP contribution in [0.5, 0.6) is 5.88 Å². The molecule has 7 heteroatoms. The Labute approximate surface area is 96.4 Å². The van der Waals surface area contributed by atoms with Gasteiger partial charge in [-0.2, -0.15) is 18.3 Å². The third kappa shape index (κ3) is 2.85. The molecule has 0 radical (unpaired) electrons. The summed E-state index contributed by atoms with van der Waals surface area (Å²) in [5.74, 6) is -0.430. The largest absolute Gasteiger partial charge is 0.471 e. The van der Waals surface area contributed by atoms with Gasteiger partial charge in [0.15, 0.2) is 0 Å². The van der Waals surface area contributed by atoms with Crippen LogP contribution in [0, 0.1) is 0 Å². The predicted molar refractivity (Wildman–Crippen MR) is 53.6 cm³/mol. The van der Waals surface area contributed by atoms with Gasteiger partial charge in [0.25, 0.3) is 0 Å². The van der Waals surface area contributed by atoms with Gasteiger partial charge in [-0.15, -0.1) is 5.10 Å². The van der Waals surface area contributed by atoms with E-state index in [9.17, 15) is 13.2 Å². The maximum atomic E-state index is 12.6. The highest BCUT2D eigenvalue weighted by Gasteiger charge is 2.36. The van der Waals surface area contributed by atoms with Crippen molar-refractivity contribution in [3.63, 3.8) is 0 Å². The van der Waals surface area contributed by atoms with Crippen molar-refractivity contribution in [3.8, 4) is 5.88 Å². The van der Waals surface area contributed by atoms with E-state index < -0.39 is 17.6 Å². The number of nitrogens with zero attached hydrogens (tertiary/aromatic N) is 3. The summed E-state index contributed by atoms with van der Waals surface area (Å²) >= 11 is 0. The lowest BCUT2D eigenvalue weighted by Crippen LogP contribution is -2.23. The minimum atomic E-state index is -4.46. The third-order valence-corrected chi connectivity index (χ3v) is 2.62. The molecule has 0 N–H and O–H groups in total. The van der Waals surface area contributed by atoms with E-state index in [0.717, 1.165) is 18.8 Å². The smallest absolute Gasteiger partial charge is 0.421 e. The Balaban J connectivity index is 2.15. The number of hydrogen-bond acceptors (Lipinski definition) is 4. The molecule has 1 fully saturated rings. The molecule has 1 atom stereocenters. The van der Waals surface area contributed by atoms with Gasteiger partial charge < -0.3 is 9.64 Å². The fourth-order valence-corrected chi connectivity index (χ4v) is 1.77. The van der Waals surface area contributed by atoms with Crippen molar-refractivity contribution in [3.05, 3.63) is 17.8 Å². The summed E-state index contributed by atoms with van der Waals surface area (Å²) in [7, 11) is 1.89. The van der Waals surface area contributed by atoms with Crippen LogP contribution in [0.2, 0.25) is 0 Å². The van der Waals surface area contributed by atoms with Gasteiger partial charge in [-0.05, 0) is 19.5 Å². The van der Waals surface area contributed by atoms with Crippen LogP contribution in [-0.4, -0.2) is 41.3 Å². The van der Waals surface area contributed by atoms with Gasteiger partial charge in [0.05, 0.1) is 6.20 Å². The van der Waals surface area contributed by atoms with Crippen LogP contribution < -0.4 is 4.74 Å². The van der Waals surface area contributed by atoms with Crippen LogP contribution in [0.4, 0.5) is 13.2 Å². The Kier molecular flexibility index (Phi) is 3.19. The molecule has 0 spiro atoms. The highest BCUT2D eigenvalue weighted by atomic mass is 19.4. The third-order valence-electron chi connectivity index (χ3n) is 2.62. The maximum Gasteiger partial charge on any atom is 0.421 e. The van der Waals surface area contributed by atoms with Crippen LogP contribution in [0.25, 0.3) is 0 Å². The first kappa shape index (κ1) is 12.1. The lowest BCUT2D eigenvalue weighted by molar-refractivity contribution is -0.139. The van der Waals surface area contributed by atoms with E-state index in [4.69, 9.17) is 4.74 Å². The molecule has 1 aliphatic heterocycles. The highest BCUT2D eigenvalue weighted by molar-refractivity contribution is 5.26. The summed E-state index contributed by atoms with van der Waals surface area (Å²) in [6.07, 6.45) is -3.01. The van der Waals surface area contributed by atoms with E-state index >= 15 is 0 Å². The standard InChI is InChI=1S/C10H12F3N3O/c1-16-5-3-7(6-16)17-9-8(10(11,12)13)2-4-14-15-9/h2,4,7H,3,5-6H2,1H3/t7-/m0/s1. The number of ether oxygens (including phenoxy) is 1. The first-order chi connectivity index (χ1) is 7.97. The first-order valence-corrected chi connectivity index (χ1v) is 5.21. The van der Waals surface area contributed by atoms with Crippen molar-refractivity contribution in [2.24, 2.45) is 0 Å². The second-order valence-corrected chi connectivity index (χ2v) is 4.04. The number of hydrogen-bond donors (Lipinski definition) is 0. The molecule has 1 aliphatic rings. The molecular formula is C10H12F3N3O. The molecule has 0 amide bonds. The zero-order valence-electron chi connectivity index (χ0n) is 9.24. The number of likely N-dealkylation sites (tertiary alicyclic amines) is 1. The summed E-state index contributed by atoms with van der Waals surface area (Å²) in [5, 5.41) is 6.85. The van der Waals surface area contributed by atoms with Crippen molar-refractivity contribution in [2.45, 2.75) is 18.7 Å². The zero-order chi connectivity index (χ0) is 12.5. The van der Waals surface area contributed by atoms with Crippen LogP contribution in [-0.2, 0) is 6.18 Å². The van der Waals surface area contributed by atoms with Gasteiger partial charge in [-0.1, -0.05) is 0 Å². The summed E-state index contributed by atoms with van der Waals surface area (Å²) in [5.41, 5.74) is -0.873. The molecule has 1 saturated heterocycles. The van der Waals surface area contributed by atoms with Crippen molar-refractivity contribution >= 4 is 0 Å². The molecule has 0 unspecified atom stereocenters. The average molecular weight is 247 g/mol. The number of rotatable bonds is 2. The Morgan fingerprint density at radius 2 is 2.24 bits per heavy atom. The second-order valence-electron chi connectivity index (χ2n) is 4.04. The van der Waals surface area contributed by atoms with Crippen LogP contribution in [0.3, 0.4) is 0 Å². The van der Waals surface area contributed by atoms with E-state index in [2.05, 4.69) is 10.2 Å². The fourth-order valence-electron chi connectivity index (χ4n) is 1.77. The molecular weight excluding hydrogens is 235 g/mol. The van der Waals surface area contributed by atoms with Gasteiger partial charge in [0.1, 0.15) is 11.7 Å². The van der Waals surface area contributed by atoms with Crippen LogP contribution in [0.15, 0.2) is 12.3 Å². The normalized spacial score (nSPS) is 21.8. The Hall–Kier alpha value is -1.37. The minimum absolute atomic E-state index is 0.252. The lowest BCUT2D eigenvalue weighted by Gasteiger charge is -2.16. The van der Waals surface area contributed by atoms with E-state index in [-0.39, 0.29) is 6.10 Å². The molecule has 2 rings (SSSR count). The number of aromatic nitrogens is 2. The average Bonchev–Trinajstić information content (AvgIpc) is 2.63. The van der Waals surface area contributed by atoms with Crippen molar-refractivity contribution in [1.29, 1.82) is 0 Å². The molecule has 1 aromatic heterocycles. The van der Waals surface area contributed by atoms with Gasteiger partial charge in [-0.25, -0.2) is 0 Å². The van der Waals surface area contributed by atoms with Crippen LogP contribution in [0.1, 0.15) is 12.0 Å². The monoisotopic (exact) mass is 247 g/mol. The van der Waals surface area contributed by atoms with Gasteiger partial charge in [0, 0.05) is 13.1 Å². The molecule has 1 aromatic rings. The Bertz CT molecular complexity index is 397. The maximum absolute atomic E-state index is 12.6. The van der Waals surface area contributed by atoms with Crippen molar-refractivity contribution in [1.82, 2.24) is 15.1 Å². The van der Waals surface area contributed by atoms with Gasteiger partial charge >= 0.3 is 6.18 Å². The number of halogens is 3. The molecule has 0 aliphatic carbocycles. The van der Waals surface area contributed by atoms with E-state index in [1.165, 1.54) is 0 Å². The van der Waals surface area contributed by atoms with Gasteiger partial charge in [0.2, 0.25) is 5.88 Å². The summed E-state index contributed by atoms with van der Waals surface area (Å²) < 4.78 is 43.2. The molecule has 0 saturated carbocycles. The first-order valence-electron chi connectivity index (χ1n) is 5.21. The van der Waals surface area contributed by atoms with Gasteiger partial charge in [-0.3, -0.25) is 0 Å². The molecule has 4 nitrogen and oxygen atoms in total. The summed E-state index contributed by atoms with van der Waals surface area (Å²) in [4.78, 5) is 1.99. The minimum Gasteiger partial charge on any atom is -0.471 e. The van der Waals surface area contributed by atoms with E-state index in [1.807, 2.05) is 11.9 Å². The summed E-state index contributed by atoms with van der Waals surface area (Å²) in [6.45, 7) is 1.42.